The summed E-state index contributed by atoms with van der Waals surface area (Å²) < 4.78 is 5.44. The maximum Gasteiger partial charge on any atom is 0.192 e. The van der Waals surface area contributed by atoms with Crippen LogP contribution in [0.4, 0.5) is 0 Å². The highest BCUT2D eigenvalue weighted by molar-refractivity contribution is 5.95. The zero-order chi connectivity index (χ0) is 12.4. The number of hydrogen-bond acceptors (Lipinski definition) is 3. The van der Waals surface area contributed by atoms with Crippen molar-refractivity contribution in [2.75, 3.05) is 32.8 Å². The topological polar surface area (TPSA) is 45.3 Å². The van der Waals surface area contributed by atoms with Gasteiger partial charge in [-0.3, -0.25) is 9.69 Å². The Hall–Kier alpha value is -1.13. The summed E-state index contributed by atoms with van der Waals surface area (Å²) in [5.41, 5.74) is 1.15. The van der Waals surface area contributed by atoms with Gasteiger partial charge < -0.3 is 9.72 Å². The summed E-state index contributed by atoms with van der Waals surface area (Å²) in [7, 11) is 0. The van der Waals surface area contributed by atoms with E-state index in [4.69, 9.17) is 4.74 Å². The van der Waals surface area contributed by atoms with Gasteiger partial charge in [-0.05, 0) is 43.4 Å². The maximum absolute atomic E-state index is 12.0. The number of ether oxygens (including phenoxy) is 1. The predicted octanol–water partition coefficient (Wildman–Crippen LogP) is 1.70. The van der Waals surface area contributed by atoms with Crippen LogP contribution in [-0.4, -0.2) is 48.5 Å². The van der Waals surface area contributed by atoms with E-state index in [0.717, 1.165) is 44.8 Å². The third-order valence-corrected chi connectivity index (χ3v) is 4.34. The largest absolute Gasteiger partial charge is 0.381 e. The first-order valence-electron chi connectivity index (χ1n) is 6.74. The molecule has 1 aromatic heterocycles. The van der Waals surface area contributed by atoms with Gasteiger partial charge in [0.2, 0.25) is 0 Å². The Morgan fingerprint density at radius 2 is 2.22 bits per heavy atom. The molecule has 1 aromatic rings. The fraction of sp³-hybridized carbons (Fsp3) is 0.643. The average Bonchev–Trinajstić information content (AvgIpc) is 3.01. The van der Waals surface area contributed by atoms with Gasteiger partial charge in [-0.2, -0.15) is 0 Å². The van der Waals surface area contributed by atoms with E-state index < -0.39 is 0 Å². The molecule has 2 fully saturated rings. The molecule has 0 bridgehead atoms. The Balaban J connectivity index is 1.57. The number of hydrogen-bond donors (Lipinski definition) is 1. The molecule has 0 saturated carbocycles. The number of aromatic nitrogens is 1. The van der Waals surface area contributed by atoms with Gasteiger partial charge in [0, 0.05) is 26.0 Å². The van der Waals surface area contributed by atoms with Gasteiger partial charge >= 0.3 is 0 Å². The molecule has 3 heterocycles. The van der Waals surface area contributed by atoms with Crippen molar-refractivity contribution in [2.24, 2.45) is 5.41 Å². The molecule has 4 nitrogen and oxygen atoms in total. The molecule has 0 aliphatic carbocycles. The molecular formula is C14H20N2O2. The zero-order valence-electron chi connectivity index (χ0n) is 10.7. The minimum absolute atomic E-state index is 0.198. The monoisotopic (exact) mass is 248 g/mol. The number of Topliss-reactive ketones (excluding diaryl/α,β-unsaturated/α-hetero) is 1. The van der Waals surface area contributed by atoms with Crippen LogP contribution in [-0.2, 0) is 4.74 Å². The lowest BCUT2D eigenvalue weighted by atomic mass is 9.80. The van der Waals surface area contributed by atoms with Crippen LogP contribution in [0.3, 0.4) is 0 Å². The second-order valence-corrected chi connectivity index (χ2v) is 5.58. The van der Waals surface area contributed by atoms with Gasteiger partial charge in [0.25, 0.3) is 0 Å². The van der Waals surface area contributed by atoms with E-state index in [-0.39, 0.29) is 5.78 Å². The first-order valence-corrected chi connectivity index (χ1v) is 6.74. The van der Waals surface area contributed by atoms with E-state index in [1.165, 1.54) is 6.42 Å². The van der Waals surface area contributed by atoms with Crippen molar-refractivity contribution in [3.8, 4) is 0 Å². The first-order chi connectivity index (χ1) is 8.77. The van der Waals surface area contributed by atoms with Crippen LogP contribution >= 0.6 is 0 Å². The smallest absolute Gasteiger partial charge is 0.192 e. The summed E-state index contributed by atoms with van der Waals surface area (Å²) in [4.78, 5) is 17.3. The van der Waals surface area contributed by atoms with Crippen LogP contribution in [0.2, 0.25) is 0 Å². The Morgan fingerprint density at radius 3 is 2.94 bits per heavy atom. The summed E-state index contributed by atoms with van der Waals surface area (Å²) in [5.74, 6) is 0.198. The summed E-state index contributed by atoms with van der Waals surface area (Å²) in [5, 5.41) is 0. The summed E-state index contributed by atoms with van der Waals surface area (Å²) in [6.45, 7) is 4.43. The number of ketones is 1. The van der Waals surface area contributed by atoms with Crippen LogP contribution < -0.4 is 0 Å². The van der Waals surface area contributed by atoms with Crippen molar-refractivity contribution in [3.63, 3.8) is 0 Å². The highest BCUT2D eigenvalue weighted by Crippen LogP contribution is 2.39. The minimum Gasteiger partial charge on any atom is -0.381 e. The molecule has 2 aliphatic heterocycles. The van der Waals surface area contributed by atoms with E-state index in [1.54, 1.807) is 6.20 Å². The first kappa shape index (κ1) is 11.9. The molecule has 0 atom stereocenters. The quantitative estimate of drug-likeness (QED) is 0.828. The number of carbonyl (C=O) groups excluding carboxylic acids is 1. The second kappa shape index (κ2) is 4.86. The second-order valence-electron chi connectivity index (χ2n) is 5.58. The summed E-state index contributed by atoms with van der Waals surface area (Å²) >= 11 is 0. The Labute approximate surface area is 107 Å². The fourth-order valence-corrected chi connectivity index (χ4v) is 3.17. The summed E-state index contributed by atoms with van der Waals surface area (Å²) in [6.07, 6.45) is 5.33. The average molecular weight is 248 g/mol. The number of likely N-dealkylation sites (tertiary alicyclic amines) is 1. The van der Waals surface area contributed by atoms with Crippen molar-refractivity contribution in [1.82, 2.24) is 9.88 Å². The number of rotatable bonds is 3. The SMILES string of the molecule is O=C(CN1CCC2(CCOCC2)C1)c1ccc[nH]1. The van der Waals surface area contributed by atoms with Gasteiger partial charge in [-0.25, -0.2) is 0 Å². The molecule has 3 rings (SSSR count). The van der Waals surface area contributed by atoms with Gasteiger partial charge in [-0.1, -0.05) is 0 Å². The molecule has 98 valence electrons. The third-order valence-electron chi connectivity index (χ3n) is 4.34. The number of H-pyrrole nitrogens is 1. The molecule has 0 radical (unpaired) electrons. The molecule has 1 N–H and O–H groups in total. The van der Waals surface area contributed by atoms with E-state index in [2.05, 4.69) is 9.88 Å². The van der Waals surface area contributed by atoms with Crippen LogP contribution in [0, 0.1) is 5.41 Å². The van der Waals surface area contributed by atoms with Crippen molar-refractivity contribution in [1.29, 1.82) is 0 Å². The summed E-state index contributed by atoms with van der Waals surface area (Å²) in [6, 6.07) is 3.72. The molecule has 0 unspecified atom stereocenters. The van der Waals surface area contributed by atoms with Gasteiger partial charge in [0.1, 0.15) is 0 Å². The number of nitrogens with zero attached hydrogens (tertiary/aromatic N) is 1. The predicted molar refractivity (Wildman–Crippen MR) is 68.7 cm³/mol. The molecular weight excluding hydrogens is 228 g/mol. The molecule has 0 amide bonds. The lowest BCUT2D eigenvalue weighted by Crippen LogP contribution is -2.35. The van der Waals surface area contributed by atoms with Crippen molar-refractivity contribution in [3.05, 3.63) is 24.0 Å². The van der Waals surface area contributed by atoms with Crippen molar-refractivity contribution in [2.45, 2.75) is 19.3 Å². The number of nitrogens with one attached hydrogen (secondary N) is 1. The third kappa shape index (κ3) is 2.35. The molecule has 18 heavy (non-hydrogen) atoms. The van der Waals surface area contributed by atoms with Gasteiger partial charge in [-0.15, -0.1) is 0 Å². The maximum atomic E-state index is 12.0. The number of carbonyl (C=O) groups is 1. The fourth-order valence-electron chi connectivity index (χ4n) is 3.17. The molecule has 1 spiro atoms. The number of aromatic amines is 1. The molecule has 0 aromatic carbocycles. The zero-order valence-corrected chi connectivity index (χ0v) is 10.7. The van der Waals surface area contributed by atoms with Crippen LogP contribution in [0.15, 0.2) is 18.3 Å². The Bertz CT molecular complexity index is 407. The van der Waals surface area contributed by atoms with Crippen LogP contribution in [0.1, 0.15) is 29.8 Å². The van der Waals surface area contributed by atoms with E-state index in [9.17, 15) is 4.79 Å². The Kier molecular flexibility index (Phi) is 3.22. The van der Waals surface area contributed by atoms with Gasteiger partial charge in [0.05, 0.1) is 12.2 Å². The van der Waals surface area contributed by atoms with Crippen LogP contribution in [0.5, 0.6) is 0 Å². The molecule has 2 aliphatic rings. The molecule has 4 heteroatoms. The lowest BCUT2D eigenvalue weighted by molar-refractivity contribution is 0.0195. The van der Waals surface area contributed by atoms with Crippen LogP contribution in [0.25, 0.3) is 0 Å². The Morgan fingerprint density at radius 1 is 1.39 bits per heavy atom. The van der Waals surface area contributed by atoms with E-state index >= 15 is 0 Å². The highest BCUT2D eigenvalue weighted by Gasteiger charge is 2.39. The van der Waals surface area contributed by atoms with Crippen molar-refractivity contribution >= 4 is 5.78 Å². The lowest BCUT2D eigenvalue weighted by Gasteiger charge is -2.33. The van der Waals surface area contributed by atoms with Gasteiger partial charge in [0.15, 0.2) is 5.78 Å². The van der Waals surface area contributed by atoms with E-state index in [0.29, 0.717) is 12.0 Å². The highest BCUT2D eigenvalue weighted by atomic mass is 16.5. The van der Waals surface area contributed by atoms with Crippen molar-refractivity contribution < 1.29 is 9.53 Å². The normalized spacial score (nSPS) is 23.6. The van der Waals surface area contributed by atoms with E-state index in [1.807, 2.05) is 12.1 Å². The standard InChI is InChI=1S/C14H20N2O2/c17-13(12-2-1-6-15-12)10-16-7-3-14(11-16)4-8-18-9-5-14/h1-2,6,15H,3-5,7-11H2. The minimum atomic E-state index is 0.198. The molecule has 2 saturated heterocycles.